The number of anilines is 1. The zero-order valence-corrected chi connectivity index (χ0v) is 16.0. The van der Waals surface area contributed by atoms with Gasteiger partial charge in [-0.25, -0.2) is 4.98 Å². The van der Waals surface area contributed by atoms with E-state index in [0.717, 1.165) is 15.8 Å². The lowest BCUT2D eigenvalue weighted by Gasteiger charge is -2.10. The zero-order chi connectivity index (χ0) is 19.0. The van der Waals surface area contributed by atoms with E-state index < -0.39 is 0 Å². The molecule has 2 heterocycles. The topological polar surface area (TPSA) is 58.0 Å². The summed E-state index contributed by atoms with van der Waals surface area (Å²) in [7, 11) is 5.36. The summed E-state index contributed by atoms with van der Waals surface area (Å²) in [5.74, 6) is 0.462. The van der Waals surface area contributed by atoms with Gasteiger partial charge in [0, 0.05) is 25.9 Å². The first-order chi connectivity index (χ1) is 13.1. The van der Waals surface area contributed by atoms with Crippen molar-refractivity contribution < 1.29 is 9.53 Å². The molecule has 0 unspecified atom stereocenters. The van der Waals surface area contributed by atoms with Crippen LogP contribution >= 0.6 is 11.3 Å². The van der Waals surface area contributed by atoms with Crippen LogP contribution in [0.1, 0.15) is 5.56 Å². The van der Waals surface area contributed by atoms with Crippen molar-refractivity contribution >= 4 is 38.3 Å². The molecule has 0 N–H and O–H groups in total. The summed E-state index contributed by atoms with van der Waals surface area (Å²) >= 11 is 1.44. The first kappa shape index (κ1) is 17.2. The number of hydrogen-bond donors (Lipinski definition) is 0. The maximum Gasteiger partial charge on any atom is 0.284 e. The third-order valence-corrected chi connectivity index (χ3v) is 5.10. The Kier molecular flexibility index (Phi) is 4.37. The fraction of sp³-hybridized carbons (Fsp3) is 0.150. The minimum atomic E-state index is -0.205. The van der Waals surface area contributed by atoms with Crippen molar-refractivity contribution in [3.63, 3.8) is 0 Å². The van der Waals surface area contributed by atoms with E-state index in [9.17, 15) is 4.79 Å². The van der Waals surface area contributed by atoms with Gasteiger partial charge in [0.25, 0.3) is 5.91 Å². The van der Waals surface area contributed by atoms with Crippen LogP contribution in [-0.2, 0) is 4.79 Å². The first-order valence-corrected chi connectivity index (χ1v) is 9.21. The number of rotatable bonds is 4. The second-order valence-corrected chi connectivity index (χ2v) is 7.25. The van der Waals surface area contributed by atoms with Gasteiger partial charge in [-0.1, -0.05) is 35.6 Å². The second-order valence-electron chi connectivity index (χ2n) is 6.24. The van der Waals surface area contributed by atoms with Crippen molar-refractivity contribution in [1.82, 2.24) is 9.88 Å². The Labute approximate surface area is 161 Å². The standard InChI is InChI=1S/C20H18N4O2S/c1-23(2)12-14-18(13-8-4-6-10-16(13)26-3)22-24(19(14)25)20-21-15-9-5-7-11-17(15)27-20/h4-12H,1-3H3. The predicted molar refractivity (Wildman–Crippen MR) is 108 cm³/mol. The van der Waals surface area contributed by atoms with Crippen LogP contribution in [0.15, 0.2) is 65.4 Å². The van der Waals surface area contributed by atoms with Crippen molar-refractivity contribution in [2.24, 2.45) is 5.10 Å². The van der Waals surface area contributed by atoms with Crippen molar-refractivity contribution in [2.45, 2.75) is 0 Å². The van der Waals surface area contributed by atoms with Gasteiger partial charge in [-0.15, -0.1) is 0 Å². The molecule has 3 aromatic rings. The number of hydrazone groups is 1. The van der Waals surface area contributed by atoms with Gasteiger partial charge in [-0.3, -0.25) is 4.79 Å². The highest BCUT2D eigenvalue weighted by Crippen LogP contribution is 2.34. The number of fused-ring (bicyclic) bond motifs is 1. The molecule has 0 aliphatic carbocycles. The van der Waals surface area contributed by atoms with E-state index in [-0.39, 0.29) is 5.91 Å². The van der Waals surface area contributed by atoms with Crippen molar-refractivity contribution in [1.29, 1.82) is 0 Å². The van der Waals surface area contributed by atoms with E-state index in [1.807, 2.05) is 67.5 Å². The molecule has 0 saturated heterocycles. The lowest BCUT2D eigenvalue weighted by molar-refractivity contribution is -0.114. The molecule has 1 aliphatic heterocycles. The normalized spacial score (nSPS) is 15.5. The molecule has 0 atom stereocenters. The minimum Gasteiger partial charge on any atom is -0.496 e. The van der Waals surface area contributed by atoms with Crippen LogP contribution in [0.5, 0.6) is 5.75 Å². The molecule has 27 heavy (non-hydrogen) atoms. The van der Waals surface area contributed by atoms with Gasteiger partial charge in [0.2, 0.25) is 5.13 Å². The molecule has 1 aliphatic rings. The average molecular weight is 378 g/mol. The average Bonchev–Trinajstić information content (AvgIpc) is 3.23. The maximum atomic E-state index is 13.1. The SMILES string of the molecule is COc1ccccc1C1=NN(c2nc3ccccc3s2)C(=O)C1=CN(C)C. The zero-order valence-electron chi connectivity index (χ0n) is 15.2. The van der Waals surface area contributed by atoms with Gasteiger partial charge in [-0.05, 0) is 24.3 Å². The summed E-state index contributed by atoms with van der Waals surface area (Å²) in [6.45, 7) is 0. The Bertz CT molecular complexity index is 1050. The highest BCUT2D eigenvalue weighted by molar-refractivity contribution is 7.22. The maximum absolute atomic E-state index is 13.1. The van der Waals surface area contributed by atoms with Crippen molar-refractivity contribution in [2.75, 3.05) is 26.2 Å². The van der Waals surface area contributed by atoms with Crippen LogP contribution in [0.2, 0.25) is 0 Å². The highest BCUT2D eigenvalue weighted by Gasteiger charge is 2.35. The molecule has 0 fully saturated rings. The largest absolute Gasteiger partial charge is 0.496 e. The van der Waals surface area contributed by atoms with Crippen LogP contribution in [0.4, 0.5) is 5.13 Å². The molecule has 0 saturated carbocycles. The van der Waals surface area contributed by atoms with Gasteiger partial charge >= 0.3 is 0 Å². The lowest BCUT2D eigenvalue weighted by Crippen LogP contribution is -2.22. The second kappa shape index (κ2) is 6.85. The third kappa shape index (κ3) is 3.06. The van der Waals surface area contributed by atoms with Crippen LogP contribution in [-0.4, -0.2) is 42.7 Å². The molecular weight excluding hydrogens is 360 g/mol. The number of hydrogen-bond acceptors (Lipinski definition) is 6. The van der Waals surface area contributed by atoms with E-state index in [4.69, 9.17) is 4.74 Å². The predicted octanol–water partition coefficient (Wildman–Crippen LogP) is 3.50. The number of thiazole rings is 1. The minimum absolute atomic E-state index is 0.205. The molecule has 1 aromatic heterocycles. The summed E-state index contributed by atoms with van der Waals surface area (Å²) in [5.41, 5.74) is 2.70. The van der Waals surface area contributed by atoms with E-state index in [2.05, 4.69) is 10.1 Å². The number of nitrogens with zero attached hydrogens (tertiary/aromatic N) is 4. The molecule has 0 bridgehead atoms. The molecule has 1 amide bonds. The summed E-state index contributed by atoms with van der Waals surface area (Å²) in [4.78, 5) is 19.6. The molecule has 0 spiro atoms. The van der Waals surface area contributed by atoms with Crippen LogP contribution in [0.3, 0.4) is 0 Å². The molecule has 2 aromatic carbocycles. The fourth-order valence-electron chi connectivity index (χ4n) is 2.91. The van der Waals surface area contributed by atoms with Crippen LogP contribution in [0, 0.1) is 0 Å². The summed E-state index contributed by atoms with van der Waals surface area (Å²) in [5, 5.41) is 6.55. The molecular formula is C20H18N4O2S. The van der Waals surface area contributed by atoms with Gasteiger partial charge in [0.15, 0.2) is 0 Å². The van der Waals surface area contributed by atoms with Gasteiger partial charge in [-0.2, -0.15) is 10.1 Å². The number of methoxy groups -OCH3 is 1. The van der Waals surface area contributed by atoms with Gasteiger partial charge in [0.05, 0.1) is 22.9 Å². The monoisotopic (exact) mass is 378 g/mol. The number of carbonyl (C=O) groups excluding carboxylic acids is 1. The van der Waals surface area contributed by atoms with E-state index >= 15 is 0 Å². The van der Waals surface area contributed by atoms with E-state index in [1.54, 1.807) is 13.3 Å². The Balaban J connectivity index is 1.86. The third-order valence-electron chi connectivity index (χ3n) is 4.09. The van der Waals surface area contributed by atoms with Crippen molar-refractivity contribution in [3.05, 3.63) is 65.9 Å². The molecule has 136 valence electrons. The smallest absolute Gasteiger partial charge is 0.284 e. The Hall–Kier alpha value is -3.19. The fourth-order valence-corrected chi connectivity index (χ4v) is 3.82. The van der Waals surface area contributed by atoms with Crippen molar-refractivity contribution in [3.8, 4) is 5.75 Å². The Morgan fingerprint density at radius 1 is 1.11 bits per heavy atom. The molecule has 4 rings (SSSR count). The Morgan fingerprint density at radius 3 is 2.59 bits per heavy atom. The Morgan fingerprint density at radius 2 is 1.85 bits per heavy atom. The number of amides is 1. The number of aromatic nitrogens is 1. The number of ether oxygens (including phenoxy) is 1. The highest BCUT2D eigenvalue weighted by atomic mass is 32.1. The van der Waals surface area contributed by atoms with E-state index in [0.29, 0.717) is 22.2 Å². The van der Waals surface area contributed by atoms with Gasteiger partial charge < -0.3 is 9.64 Å². The van der Waals surface area contributed by atoms with Crippen LogP contribution in [0.25, 0.3) is 10.2 Å². The van der Waals surface area contributed by atoms with E-state index in [1.165, 1.54) is 16.3 Å². The first-order valence-electron chi connectivity index (χ1n) is 8.39. The number of benzene rings is 2. The summed E-state index contributed by atoms with van der Waals surface area (Å²) in [6, 6.07) is 15.3. The summed E-state index contributed by atoms with van der Waals surface area (Å²) < 4.78 is 6.48. The molecule has 0 radical (unpaired) electrons. The quantitative estimate of drug-likeness (QED) is 0.652. The van der Waals surface area contributed by atoms with Gasteiger partial charge in [0.1, 0.15) is 11.5 Å². The number of para-hydroxylation sites is 2. The molecule has 7 heteroatoms. The number of carbonyl (C=O) groups is 1. The summed E-state index contributed by atoms with van der Waals surface area (Å²) in [6.07, 6.45) is 1.78. The lowest BCUT2D eigenvalue weighted by atomic mass is 10.0. The van der Waals surface area contributed by atoms with Crippen LogP contribution < -0.4 is 9.75 Å². The molecule has 6 nitrogen and oxygen atoms in total.